The van der Waals surface area contributed by atoms with Crippen LogP contribution in [0.1, 0.15) is 33.1 Å². The van der Waals surface area contributed by atoms with Crippen molar-refractivity contribution in [1.82, 2.24) is 4.90 Å². The molecule has 0 aromatic heterocycles. The fourth-order valence-electron chi connectivity index (χ4n) is 3.43. The number of rotatable bonds is 2. The van der Waals surface area contributed by atoms with Crippen LogP contribution in [-0.4, -0.2) is 42.9 Å². The Labute approximate surface area is 117 Å². The zero-order valence-electron chi connectivity index (χ0n) is 12.3. The SMILES string of the molecule is CC1OC(=O)C2(CC(=O)N(C)C)CC(F)(F)C(C)CC12. The van der Waals surface area contributed by atoms with Crippen LogP contribution in [0.25, 0.3) is 0 Å². The minimum Gasteiger partial charge on any atom is -0.462 e. The average Bonchev–Trinajstić information content (AvgIpc) is 2.52. The quantitative estimate of drug-likeness (QED) is 0.731. The molecular weight excluding hydrogens is 268 g/mol. The Morgan fingerprint density at radius 3 is 2.55 bits per heavy atom. The highest BCUT2D eigenvalue weighted by atomic mass is 19.3. The van der Waals surface area contributed by atoms with Crippen LogP contribution in [0.5, 0.6) is 0 Å². The summed E-state index contributed by atoms with van der Waals surface area (Å²) in [5.41, 5.74) is -1.36. The smallest absolute Gasteiger partial charge is 0.313 e. The summed E-state index contributed by atoms with van der Waals surface area (Å²) in [5, 5.41) is 0. The van der Waals surface area contributed by atoms with Gasteiger partial charge in [-0.2, -0.15) is 0 Å². The summed E-state index contributed by atoms with van der Waals surface area (Å²) in [6, 6.07) is 0. The zero-order valence-corrected chi connectivity index (χ0v) is 12.3. The number of halogens is 2. The third-order valence-corrected chi connectivity index (χ3v) is 4.82. The summed E-state index contributed by atoms with van der Waals surface area (Å²) in [6.45, 7) is 3.22. The van der Waals surface area contributed by atoms with Crippen LogP contribution >= 0.6 is 0 Å². The fourth-order valence-corrected chi connectivity index (χ4v) is 3.43. The van der Waals surface area contributed by atoms with Gasteiger partial charge in [0.2, 0.25) is 5.91 Å². The molecule has 20 heavy (non-hydrogen) atoms. The highest BCUT2D eigenvalue weighted by molar-refractivity contribution is 5.87. The Hall–Kier alpha value is -1.20. The van der Waals surface area contributed by atoms with E-state index in [0.29, 0.717) is 0 Å². The van der Waals surface area contributed by atoms with E-state index in [4.69, 9.17) is 4.74 Å². The standard InChI is InChI=1S/C14H21F2NO3/c1-8-5-10-9(2)20-12(19)13(10,7-14(8,15)16)6-11(18)17(3)4/h8-10H,5-7H2,1-4H3. The first kappa shape index (κ1) is 15.2. The molecule has 1 aliphatic heterocycles. The molecule has 4 unspecified atom stereocenters. The van der Waals surface area contributed by atoms with Crippen LogP contribution in [0.15, 0.2) is 0 Å². The lowest BCUT2D eigenvalue weighted by Gasteiger charge is -2.43. The number of hydrogen-bond acceptors (Lipinski definition) is 3. The van der Waals surface area contributed by atoms with Crippen LogP contribution in [-0.2, 0) is 14.3 Å². The second-order valence-corrected chi connectivity index (χ2v) is 6.41. The van der Waals surface area contributed by atoms with Crippen molar-refractivity contribution in [2.45, 2.75) is 45.1 Å². The van der Waals surface area contributed by atoms with Gasteiger partial charge >= 0.3 is 5.97 Å². The molecule has 1 saturated heterocycles. The number of esters is 1. The van der Waals surface area contributed by atoms with Gasteiger partial charge in [-0.25, -0.2) is 8.78 Å². The number of carbonyl (C=O) groups is 2. The van der Waals surface area contributed by atoms with Crippen molar-refractivity contribution in [3.8, 4) is 0 Å². The lowest BCUT2D eigenvalue weighted by atomic mass is 9.60. The van der Waals surface area contributed by atoms with Crippen molar-refractivity contribution in [3.63, 3.8) is 0 Å². The molecule has 4 atom stereocenters. The van der Waals surface area contributed by atoms with Gasteiger partial charge < -0.3 is 9.64 Å². The largest absolute Gasteiger partial charge is 0.462 e. The van der Waals surface area contributed by atoms with Gasteiger partial charge in [0.1, 0.15) is 6.10 Å². The minimum atomic E-state index is -2.94. The van der Waals surface area contributed by atoms with Gasteiger partial charge in [0.25, 0.3) is 5.92 Å². The number of alkyl halides is 2. The summed E-state index contributed by atoms with van der Waals surface area (Å²) in [5.74, 6) is -5.00. The normalized spacial score (nSPS) is 39.1. The number of amides is 1. The van der Waals surface area contributed by atoms with Crippen LogP contribution < -0.4 is 0 Å². The van der Waals surface area contributed by atoms with Gasteiger partial charge in [0, 0.05) is 38.8 Å². The van der Waals surface area contributed by atoms with Crippen molar-refractivity contribution in [2.75, 3.05) is 14.1 Å². The second kappa shape index (κ2) is 4.67. The van der Waals surface area contributed by atoms with Gasteiger partial charge in [0.15, 0.2) is 0 Å². The molecule has 1 amide bonds. The van der Waals surface area contributed by atoms with E-state index in [1.807, 2.05) is 0 Å². The Balaban J connectivity index is 2.37. The van der Waals surface area contributed by atoms with E-state index in [0.717, 1.165) is 0 Å². The summed E-state index contributed by atoms with van der Waals surface area (Å²) in [4.78, 5) is 25.5. The third-order valence-electron chi connectivity index (χ3n) is 4.82. The first-order valence-electron chi connectivity index (χ1n) is 6.89. The van der Waals surface area contributed by atoms with Crippen molar-refractivity contribution in [1.29, 1.82) is 0 Å². The van der Waals surface area contributed by atoms with E-state index in [1.54, 1.807) is 21.0 Å². The summed E-state index contributed by atoms with van der Waals surface area (Å²) in [7, 11) is 3.11. The van der Waals surface area contributed by atoms with Crippen LogP contribution in [0.4, 0.5) is 8.78 Å². The van der Waals surface area contributed by atoms with Crippen molar-refractivity contribution < 1.29 is 23.1 Å². The molecule has 4 nitrogen and oxygen atoms in total. The predicted octanol–water partition coefficient (Wildman–Crippen LogP) is 2.08. The zero-order chi connectivity index (χ0) is 15.3. The molecule has 0 spiro atoms. The number of hydrogen-bond donors (Lipinski definition) is 0. The minimum absolute atomic E-state index is 0.198. The highest BCUT2D eigenvalue weighted by Crippen LogP contribution is 2.57. The highest BCUT2D eigenvalue weighted by Gasteiger charge is 2.65. The third kappa shape index (κ3) is 2.19. The van der Waals surface area contributed by atoms with Crippen LogP contribution in [0, 0.1) is 17.3 Å². The maximum absolute atomic E-state index is 14.1. The molecule has 0 aromatic carbocycles. The lowest BCUT2D eigenvalue weighted by molar-refractivity contribution is -0.168. The first-order chi connectivity index (χ1) is 9.10. The van der Waals surface area contributed by atoms with Gasteiger partial charge in [-0.15, -0.1) is 0 Å². The molecule has 1 aliphatic carbocycles. The summed E-state index contributed by atoms with van der Waals surface area (Å²) in [6.07, 6.45) is -0.984. The topological polar surface area (TPSA) is 46.6 Å². The van der Waals surface area contributed by atoms with E-state index >= 15 is 0 Å². The lowest BCUT2D eigenvalue weighted by Crippen LogP contribution is -2.50. The van der Waals surface area contributed by atoms with E-state index in [2.05, 4.69) is 0 Å². The van der Waals surface area contributed by atoms with Crippen LogP contribution in [0.3, 0.4) is 0 Å². The molecule has 0 bridgehead atoms. The maximum atomic E-state index is 14.1. The first-order valence-corrected chi connectivity index (χ1v) is 6.89. The molecular formula is C14H21F2NO3. The number of ether oxygens (including phenoxy) is 1. The Morgan fingerprint density at radius 1 is 1.40 bits per heavy atom. The molecule has 2 fully saturated rings. The van der Waals surface area contributed by atoms with Gasteiger partial charge in [-0.3, -0.25) is 9.59 Å². The number of nitrogens with zero attached hydrogens (tertiary/aromatic N) is 1. The van der Waals surface area contributed by atoms with Gasteiger partial charge in [0.05, 0.1) is 5.41 Å². The molecule has 0 aromatic rings. The maximum Gasteiger partial charge on any atom is 0.313 e. The van der Waals surface area contributed by atoms with Crippen molar-refractivity contribution in [3.05, 3.63) is 0 Å². The Bertz CT molecular complexity index is 438. The second-order valence-electron chi connectivity index (χ2n) is 6.41. The predicted molar refractivity (Wildman–Crippen MR) is 68.1 cm³/mol. The molecule has 2 aliphatic rings. The summed E-state index contributed by atoms with van der Waals surface area (Å²) < 4.78 is 33.4. The Kier molecular flexibility index (Phi) is 3.55. The monoisotopic (exact) mass is 289 g/mol. The van der Waals surface area contributed by atoms with Crippen molar-refractivity contribution >= 4 is 11.9 Å². The molecule has 1 heterocycles. The van der Waals surface area contributed by atoms with Crippen LogP contribution in [0.2, 0.25) is 0 Å². The van der Waals surface area contributed by atoms with E-state index in [9.17, 15) is 18.4 Å². The van der Waals surface area contributed by atoms with E-state index < -0.39 is 35.7 Å². The molecule has 0 N–H and O–H groups in total. The van der Waals surface area contributed by atoms with Gasteiger partial charge in [-0.05, 0) is 13.3 Å². The number of fused-ring (bicyclic) bond motifs is 1. The van der Waals surface area contributed by atoms with Gasteiger partial charge in [-0.1, -0.05) is 6.92 Å². The molecule has 114 valence electrons. The number of carbonyl (C=O) groups excluding carboxylic acids is 2. The number of cyclic esters (lactones) is 1. The molecule has 6 heteroatoms. The molecule has 2 rings (SSSR count). The molecule has 0 radical (unpaired) electrons. The fraction of sp³-hybridized carbons (Fsp3) is 0.857. The van der Waals surface area contributed by atoms with E-state index in [-0.39, 0.29) is 24.7 Å². The molecule has 1 saturated carbocycles. The summed E-state index contributed by atoms with van der Waals surface area (Å²) >= 11 is 0. The van der Waals surface area contributed by atoms with E-state index in [1.165, 1.54) is 11.8 Å². The average molecular weight is 289 g/mol. The van der Waals surface area contributed by atoms with Crippen molar-refractivity contribution in [2.24, 2.45) is 17.3 Å². The Morgan fingerprint density at radius 2 is 2.00 bits per heavy atom.